The van der Waals surface area contributed by atoms with Crippen LogP contribution < -0.4 is 16.8 Å². The minimum atomic E-state index is -0.617. The van der Waals surface area contributed by atoms with Gasteiger partial charge in [0.05, 0.1) is 6.04 Å². The topological polar surface area (TPSA) is 116 Å². The second-order valence-electron chi connectivity index (χ2n) is 8.33. The van der Waals surface area contributed by atoms with Gasteiger partial charge in [-0.1, -0.05) is 30.3 Å². The number of aryl methyl sites for hydroxylation is 1. The Balaban J connectivity index is 1.52. The number of primary amides is 1. The van der Waals surface area contributed by atoms with Crippen LogP contribution in [0.5, 0.6) is 0 Å². The number of carbonyl (C=O) groups excluding carboxylic acids is 2. The molecule has 0 aliphatic heterocycles. The van der Waals surface area contributed by atoms with E-state index in [1.165, 1.54) is 12.1 Å². The zero-order chi connectivity index (χ0) is 23.0. The molecule has 1 saturated carbocycles. The fourth-order valence-corrected chi connectivity index (χ4v) is 3.88. The normalized spacial score (nSPS) is 14.2. The number of halogens is 1. The molecule has 1 atom stereocenters. The third-order valence-electron chi connectivity index (χ3n) is 6.01. The lowest BCUT2D eigenvalue weighted by atomic mass is 10.0. The average Bonchev–Trinajstić information content (AvgIpc) is 3.56. The number of hydrogen-bond donors (Lipinski definition) is 3. The van der Waals surface area contributed by atoms with Crippen LogP contribution in [0.2, 0.25) is 0 Å². The maximum absolute atomic E-state index is 13.5. The van der Waals surface area contributed by atoms with Gasteiger partial charge in [-0.3, -0.25) is 9.59 Å². The molecule has 32 heavy (non-hydrogen) atoms. The van der Waals surface area contributed by atoms with Gasteiger partial charge in [0, 0.05) is 17.7 Å². The van der Waals surface area contributed by atoms with Gasteiger partial charge in [-0.2, -0.15) is 5.10 Å². The van der Waals surface area contributed by atoms with Crippen LogP contribution >= 0.6 is 0 Å². The van der Waals surface area contributed by atoms with Crippen LogP contribution in [0.25, 0.3) is 11.3 Å². The Kier molecular flexibility index (Phi) is 5.69. The first kappa shape index (κ1) is 21.5. The van der Waals surface area contributed by atoms with Crippen LogP contribution in [0.3, 0.4) is 0 Å². The number of amides is 2. The summed E-state index contributed by atoms with van der Waals surface area (Å²) in [7, 11) is 0. The van der Waals surface area contributed by atoms with Gasteiger partial charge in [0.25, 0.3) is 11.8 Å². The van der Waals surface area contributed by atoms with Crippen molar-refractivity contribution >= 4 is 17.6 Å². The standard InChI is InChI=1S/C24H26FN5O2/c1-13-3-10-18(25)11-19(13)24(32)28-12-15-4-6-17(7-5-15)21-20(23(27)31)22(26)30(29-21)14(2)16-8-9-16/h3-7,10-11,14,16H,8-9,12,26H2,1-2H3,(H2,27,31)(H,28,32). The number of aromatic nitrogens is 2. The van der Waals surface area contributed by atoms with E-state index in [2.05, 4.69) is 10.4 Å². The fraction of sp³-hybridized carbons (Fsp3) is 0.292. The summed E-state index contributed by atoms with van der Waals surface area (Å²) >= 11 is 0. The van der Waals surface area contributed by atoms with E-state index in [1.54, 1.807) is 17.7 Å². The lowest BCUT2D eigenvalue weighted by Gasteiger charge is -2.12. The number of nitrogens with two attached hydrogens (primary N) is 2. The molecule has 1 aliphatic rings. The summed E-state index contributed by atoms with van der Waals surface area (Å²) in [5.74, 6) is -0.617. The summed E-state index contributed by atoms with van der Waals surface area (Å²) in [6, 6.07) is 11.5. The molecule has 0 saturated heterocycles. The second-order valence-corrected chi connectivity index (χ2v) is 8.33. The first-order valence-corrected chi connectivity index (χ1v) is 10.6. The van der Waals surface area contributed by atoms with Gasteiger partial charge in [0.15, 0.2) is 0 Å². The van der Waals surface area contributed by atoms with Gasteiger partial charge in [-0.25, -0.2) is 9.07 Å². The Bertz CT molecular complexity index is 1180. The van der Waals surface area contributed by atoms with Crippen LogP contribution in [0.1, 0.15) is 57.7 Å². The van der Waals surface area contributed by atoms with Crippen LogP contribution in [0.15, 0.2) is 42.5 Å². The van der Waals surface area contributed by atoms with Gasteiger partial charge in [0.2, 0.25) is 0 Å². The SMILES string of the molecule is Cc1ccc(F)cc1C(=O)NCc1ccc(-c2nn(C(C)C3CC3)c(N)c2C(N)=O)cc1. The molecule has 2 aromatic carbocycles. The Morgan fingerprint density at radius 2 is 1.91 bits per heavy atom. The van der Waals surface area contributed by atoms with Crippen molar-refractivity contribution in [3.63, 3.8) is 0 Å². The number of nitrogen functional groups attached to an aromatic ring is 1. The second kappa shape index (κ2) is 8.45. The summed E-state index contributed by atoms with van der Waals surface area (Å²) in [6.07, 6.45) is 2.24. The quantitative estimate of drug-likeness (QED) is 0.526. The highest BCUT2D eigenvalue weighted by molar-refractivity contribution is 6.03. The number of nitrogens with one attached hydrogen (secondary N) is 1. The fourth-order valence-electron chi connectivity index (χ4n) is 3.88. The molecule has 8 heteroatoms. The first-order chi connectivity index (χ1) is 15.3. The first-order valence-electron chi connectivity index (χ1n) is 10.6. The molecule has 2 amide bonds. The monoisotopic (exact) mass is 435 g/mol. The highest BCUT2D eigenvalue weighted by Crippen LogP contribution is 2.41. The number of benzene rings is 2. The maximum Gasteiger partial charge on any atom is 0.254 e. The van der Waals surface area contributed by atoms with Crippen molar-refractivity contribution in [2.75, 3.05) is 5.73 Å². The zero-order valence-corrected chi connectivity index (χ0v) is 18.1. The van der Waals surface area contributed by atoms with Crippen LogP contribution in [0, 0.1) is 18.7 Å². The summed E-state index contributed by atoms with van der Waals surface area (Å²) in [5, 5.41) is 7.41. The van der Waals surface area contributed by atoms with Crippen molar-refractivity contribution in [3.05, 3.63) is 70.5 Å². The Hall–Kier alpha value is -3.68. The summed E-state index contributed by atoms with van der Waals surface area (Å²) < 4.78 is 15.2. The molecular formula is C24H26FN5O2. The molecule has 166 valence electrons. The van der Waals surface area contributed by atoms with Crippen molar-refractivity contribution in [2.24, 2.45) is 11.7 Å². The summed E-state index contributed by atoms with van der Waals surface area (Å²) in [6.45, 7) is 4.07. The smallest absolute Gasteiger partial charge is 0.254 e. The third kappa shape index (κ3) is 4.21. The zero-order valence-electron chi connectivity index (χ0n) is 18.1. The third-order valence-corrected chi connectivity index (χ3v) is 6.01. The molecule has 1 fully saturated rings. The molecule has 0 spiro atoms. The van der Waals surface area contributed by atoms with E-state index in [1.807, 2.05) is 31.2 Å². The Labute approximate surface area is 185 Å². The highest BCUT2D eigenvalue weighted by atomic mass is 19.1. The van der Waals surface area contributed by atoms with Gasteiger partial charge in [-0.15, -0.1) is 0 Å². The van der Waals surface area contributed by atoms with E-state index in [4.69, 9.17) is 11.5 Å². The molecule has 7 nitrogen and oxygen atoms in total. The van der Waals surface area contributed by atoms with Crippen molar-refractivity contribution < 1.29 is 14.0 Å². The van der Waals surface area contributed by atoms with Crippen molar-refractivity contribution in [2.45, 2.75) is 39.3 Å². The van der Waals surface area contributed by atoms with E-state index in [0.717, 1.165) is 18.4 Å². The molecule has 1 heterocycles. The average molecular weight is 436 g/mol. The number of rotatable bonds is 7. The van der Waals surface area contributed by atoms with Crippen LogP contribution in [-0.4, -0.2) is 21.6 Å². The Morgan fingerprint density at radius 1 is 1.22 bits per heavy atom. The predicted molar refractivity (Wildman–Crippen MR) is 120 cm³/mol. The van der Waals surface area contributed by atoms with Gasteiger partial charge < -0.3 is 16.8 Å². The highest BCUT2D eigenvalue weighted by Gasteiger charge is 2.33. The van der Waals surface area contributed by atoms with E-state index in [9.17, 15) is 14.0 Å². The summed E-state index contributed by atoms with van der Waals surface area (Å²) in [5.41, 5.74) is 15.1. The van der Waals surface area contributed by atoms with E-state index in [0.29, 0.717) is 28.3 Å². The van der Waals surface area contributed by atoms with Gasteiger partial charge >= 0.3 is 0 Å². The maximum atomic E-state index is 13.5. The Morgan fingerprint density at radius 3 is 2.53 bits per heavy atom. The minimum absolute atomic E-state index is 0.0996. The molecule has 1 aliphatic carbocycles. The van der Waals surface area contributed by atoms with Crippen LogP contribution in [0.4, 0.5) is 10.2 Å². The largest absolute Gasteiger partial charge is 0.383 e. The molecule has 5 N–H and O–H groups in total. The minimum Gasteiger partial charge on any atom is -0.383 e. The van der Waals surface area contributed by atoms with Crippen molar-refractivity contribution in [1.29, 1.82) is 0 Å². The molecule has 0 radical (unpaired) electrons. The molecular weight excluding hydrogens is 409 g/mol. The van der Waals surface area contributed by atoms with E-state index in [-0.39, 0.29) is 29.9 Å². The van der Waals surface area contributed by atoms with Crippen LogP contribution in [-0.2, 0) is 6.54 Å². The van der Waals surface area contributed by atoms with Gasteiger partial charge in [-0.05, 0) is 55.9 Å². The molecule has 4 rings (SSSR count). The number of anilines is 1. The van der Waals surface area contributed by atoms with Gasteiger partial charge in [0.1, 0.15) is 22.9 Å². The molecule has 0 bridgehead atoms. The van der Waals surface area contributed by atoms with E-state index < -0.39 is 11.7 Å². The number of hydrogen-bond acceptors (Lipinski definition) is 4. The van der Waals surface area contributed by atoms with Crippen molar-refractivity contribution in [1.82, 2.24) is 15.1 Å². The lowest BCUT2D eigenvalue weighted by Crippen LogP contribution is -2.23. The summed E-state index contributed by atoms with van der Waals surface area (Å²) in [4.78, 5) is 24.5. The molecule has 3 aromatic rings. The molecule has 1 aromatic heterocycles. The lowest BCUT2D eigenvalue weighted by molar-refractivity contribution is 0.0948. The van der Waals surface area contributed by atoms with E-state index >= 15 is 0 Å². The number of carbonyl (C=O) groups is 2. The predicted octanol–water partition coefficient (Wildman–Crippen LogP) is 3.58. The molecule has 1 unspecified atom stereocenters. The van der Waals surface area contributed by atoms with Crippen molar-refractivity contribution in [3.8, 4) is 11.3 Å². The number of nitrogens with zero attached hydrogens (tertiary/aromatic N) is 2.